The van der Waals surface area contributed by atoms with Gasteiger partial charge in [-0.2, -0.15) is 0 Å². The van der Waals surface area contributed by atoms with Gasteiger partial charge in [-0.3, -0.25) is 0 Å². The van der Waals surface area contributed by atoms with Crippen LogP contribution in [-0.2, 0) is 0 Å². The Kier molecular flexibility index (Phi) is 3.45. The molecule has 0 spiro atoms. The van der Waals surface area contributed by atoms with Gasteiger partial charge < -0.3 is 14.6 Å². The zero-order valence-electron chi connectivity index (χ0n) is 12.7. The molecule has 1 aliphatic rings. The molecule has 1 aromatic heterocycles. The minimum Gasteiger partial charge on any atom is -0.478 e. The monoisotopic (exact) mass is 287 g/mol. The Morgan fingerprint density at radius 3 is 2.86 bits per heavy atom. The van der Waals surface area contributed by atoms with Crippen molar-refractivity contribution in [3.05, 3.63) is 29.6 Å². The number of piperidine rings is 1. The van der Waals surface area contributed by atoms with Gasteiger partial charge in [-0.05, 0) is 51.9 Å². The lowest BCUT2D eigenvalue weighted by Gasteiger charge is -2.36. The average molecular weight is 287 g/mol. The van der Waals surface area contributed by atoms with Crippen molar-refractivity contribution in [2.24, 2.45) is 0 Å². The van der Waals surface area contributed by atoms with E-state index in [4.69, 9.17) is 5.11 Å². The Bertz CT molecular complexity index is 692. The topological polar surface area (TPSA) is 58.4 Å². The van der Waals surface area contributed by atoms with Gasteiger partial charge in [0.15, 0.2) is 0 Å². The highest BCUT2D eigenvalue weighted by molar-refractivity contribution is 5.92. The van der Waals surface area contributed by atoms with E-state index in [2.05, 4.69) is 28.4 Å². The SMILES string of the molecule is Cc1nc2cc(C(=O)O)ccc2n1C1CCN(C)C(C)C1. The zero-order valence-corrected chi connectivity index (χ0v) is 12.7. The molecule has 0 saturated carbocycles. The smallest absolute Gasteiger partial charge is 0.335 e. The van der Waals surface area contributed by atoms with Gasteiger partial charge in [-0.15, -0.1) is 0 Å². The fourth-order valence-corrected chi connectivity index (χ4v) is 3.31. The number of carboxylic acid groups (broad SMARTS) is 1. The molecule has 1 aliphatic heterocycles. The molecule has 0 bridgehead atoms. The van der Waals surface area contributed by atoms with Gasteiger partial charge in [-0.25, -0.2) is 9.78 Å². The number of hydrogen-bond acceptors (Lipinski definition) is 3. The van der Waals surface area contributed by atoms with Crippen LogP contribution in [0.25, 0.3) is 11.0 Å². The number of benzene rings is 1. The van der Waals surface area contributed by atoms with Crippen molar-refractivity contribution in [1.29, 1.82) is 0 Å². The number of nitrogens with zero attached hydrogens (tertiary/aromatic N) is 3. The number of carbonyl (C=O) groups is 1. The molecular weight excluding hydrogens is 266 g/mol. The van der Waals surface area contributed by atoms with Gasteiger partial charge in [0, 0.05) is 18.6 Å². The molecule has 2 atom stereocenters. The largest absolute Gasteiger partial charge is 0.478 e. The number of imidazole rings is 1. The number of aromatic nitrogens is 2. The summed E-state index contributed by atoms with van der Waals surface area (Å²) in [5.74, 6) is 0.0614. The molecule has 2 aromatic rings. The summed E-state index contributed by atoms with van der Waals surface area (Å²) in [5.41, 5.74) is 2.11. The van der Waals surface area contributed by atoms with Crippen LogP contribution in [0.4, 0.5) is 0 Å². The van der Waals surface area contributed by atoms with Gasteiger partial charge in [0.1, 0.15) is 5.82 Å². The third kappa shape index (κ3) is 2.42. The maximum atomic E-state index is 11.1. The molecule has 1 aromatic carbocycles. The standard InChI is InChI=1S/C16H21N3O2/c1-10-8-13(6-7-18(10)3)19-11(2)17-14-9-12(16(20)21)4-5-15(14)19/h4-5,9-10,13H,6-8H2,1-3H3,(H,20,21). The number of aromatic carboxylic acids is 1. The molecule has 0 radical (unpaired) electrons. The molecule has 2 heterocycles. The van der Waals surface area contributed by atoms with Crippen LogP contribution < -0.4 is 0 Å². The van der Waals surface area contributed by atoms with E-state index < -0.39 is 5.97 Å². The second-order valence-electron chi connectivity index (χ2n) is 6.05. The average Bonchev–Trinajstić information content (AvgIpc) is 2.76. The molecule has 5 nitrogen and oxygen atoms in total. The Balaban J connectivity index is 2.02. The van der Waals surface area contributed by atoms with Crippen LogP contribution in [0.5, 0.6) is 0 Å². The summed E-state index contributed by atoms with van der Waals surface area (Å²) in [5, 5.41) is 9.09. The molecule has 1 N–H and O–H groups in total. The minimum atomic E-state index is -0.906. The number of carboxylic acids is 1. The Morgan fingerprint density at radius 1 is 1.43 bits per heavy atom. The maximum absolute atomic E-state index is 11.1. The normalized spacial score (nSPS) is 23.6. The zero-order chi connectivity index (χ0) is 15.1. The van der Waals surface area contributed by atoms with E-state index in [0.29, 0.717) is 17.6 Å². The van der Waals surface area contributed by atoms with Crippen molar-refractivity contribution < 1.29 is 9.90 Å². The predicted octanol–water partition coefficient (Wildman–Crippen LogP) is 2.70. The maximum Gasteiger partial charge on any atom is 0.335 e. The first-order chi connectivity index (χ1) is 9.97. The fourth-order valence-electron chi connectivity index (χ4n) is 3.31. The fraction of sp³-hybridized carbons (Fsp3) is 0.500. The number of hydrogen-bond donors (Lipinski definition) is 1. The summed E-state index contributed by atoms with van der Waals surface area (Å²) < 4.78 is 2.28. The molecule has 5 heteroatoms. The summed E-state index contributed by atoms with van der Waals surface area (Å²) >= 11 is 0. The van der Waals surface area contributed by atoms with Gasteiger partial charge in [0.25, 0.3) is 0 Å². The van der Waals surface area contributed by atoms with Crippen LogP contribution in [0.3, 0.4) is 0 Å². The van der Waals surface area contributed by atoms with E-state index in [-0.39, 0.29) is 0 Å². The van der Waals surface area contributed by atoms with Gasteiger partial charge >= 0.3 is 5.97 Å². The van der Waals surface area contributed by atoms with Crippen molar-refractivity contribution in [3.8, 4) is 0 Å². The Labute approximate surface area is 124 Å². The Morgan fingerprint density at radius 2 is 2.19 bits per heavy atom. The molecule has 1 saturated heterocycles. The lowest BCUT2D eigenvalue weighted by Crippen LogP contribution is -2.38. The first kappa shape index (κ1) is 14.1. The highest BCUT2D eigenvalue weighted by Crippen LogP contribution is 2.31. The quantitative estimate of drug-likeness (QED) is 0.922. The lowest BCUT2D eigenvalue weighted by atomic mass is 9.98. The Hall–Kier alpha value is -1.88. The van der Waals surface area contributed by atoms with Gasteiger partial charge in [0.05, 0.1) is 16.6 Å². The molecule has 2 unspecified atom stereocenters. The second kappa shape index (κ2) is 5.15. The number of fused-ring (bicyclic) bond motifs is 1. The van der Waals surface area contributed by atoms with E-state index in [1.165, 1.54) is 0 Å². The van der Waals surface area contributed by atoms with Crippen LogP contribution in [0.15, 0.2) is 18.2 Å². The van der Waals surface area contributed by atoms with E-state index in [0.717, 1.165) is 36.2 Å². The first-order valence-electron chi connectivity index (χ1n) is 7.39. The second-order valence-corrected chi connectivity index (χ2v) is 6.05. The molecule has 3 rings (SSSR count). The third-order valence-corrected chi connectivity index (χ3v) is 4.66. The summed E-state index contributed by atoms with van der Waals surface area (Å²) in [6.45, 7) is 5.34. The lowest BCUT2D eigenvalue weighted by molar-refractivity contribution is 0.0697. The van der Waals surface area contributed by atoms with E-state index in [9.17, 15) is 4.79 Å². The van der Waals surface area contributed by atoms with Crippen LogP contribution in [0.1, 0.15) is 42.0 Å². The minimum absolute atomic E-state index is 0.295. The third-order valence-electron chi connectivity index (χ3n) is 4.66. The molecular formula is C16H21N3O2. The molecule has 1 fully saturated rings. The van der Waals surface area contributed by atoms with Crippen LogP contribution >= 0.6 is 0 Å². The molecule has 21 heavy (non-hydrogen) atoms. The van der Waals surface area contributed by atoms with E-state index >= 15 is 0 Å². The highest BCUT2D eigenvalue weighted by Gasteiger charge is 2.26. The van der Waals surface area contributed by atoms with Crippen LogP contribution in [0, 0.1) is 6.92 Å². The van der Waals surface area contributed by atoms with Crippen molar-refractivity contribution in [2.75, 3.05) is 13.6 Å². The summed E-state index contributed by atoms with van der Waals surface area (Å²) in [7, 11) is 2.17. The van der Waals surface area contributed by atoms with E-state index in [1.54, 1.807) is 12.1 Å². The predicted molar refractivity (Wildman–Crippen MR) is 81.8 cm³/mol. The molecule has 0 amide bonds. The number of aryl methyl sites for hydroxylation is 1. The van der Waals surface area contributed by atoms with Crippen LogP contribution in [-0.4, -0.2) is 45.2 Å². The van der Waals surface area contributed by atoms with Crippen molar-refractivity contribution >= 4 is 17.0 Å². The summed E-state index contributed by atoms with van der Waals surface area (Å²) in [4.78, 5) is 18.0. The molecule has 0 aliphatic carbocycles. The van der Waals surface area contributed by atoms with Crippen molar-refractivity contribution in [1.82, 2.24) is 14.5 Å². The molecule has 112 valence electrons. The highest BCUT2D eigenvalue weighted by atomic mass is 16.4. The van der Waals surface area contributed by atoms with E-state index in [1.807, 2.05) is 13.0 Å². The van der Waals surface area contributed by atoms with Crippen LogP contribution in [0.2, 0.25) is 0 Å². The number of rotatable bonds is 2. The van der Waals surface area contributed by atoms with Crippen molar-refractivity contribution in [2.45, 2.75) is 38.8 Å². The van der Waals surface area contributed by atoms with Gasteiger partial charge in [-0.1, -0.05) is 0 Å². The first-order valence-corrected chi connectivity index (χ1v) is 7.39. The van der Waals surface area contributed by atoms with Gasteiger partial charge in [0.2, 0.25) is 0 Å². The summed E-state index contributed by atoms with van der Waals surface area (Å²) in [6, 6.07) is 6.22. The van der Waals surface area contributed by atoms with Crippen molar-refractivity contribution in [3.63, 3.8) is 0 Å². The number of likely N-dealkylation sites (tertiary alicyclic amines) is 1. The summed E-state index contributed by atoms with van der Waals surface area (Å²) in [6.07, 6.45) is 2.21.